The van der Waals surface area contributed by atoms with Gasteiger partial charge in [0.25, 0.3) is 0 Å². The molecule has 25 heavy (non-hydrogen) atoms. The molecule has 2 rings (SSSR count). The molecule has 0 radical (unpaired) electrons. The van der Waals surface area contributed by atoms with Crippen LogP contribution in [0.3, 0.4) is 0 Å². The Morgan fingerprint density at radius 1 is 1.16 bits per heavy atom. The van der Waals surface area contributed by atoms with Crippen LogP contribution in [0.15, 0.2) is 36.4 Å². The summed E-state index contributed by atoms with van der Waals surface area (Å²) in [5.74, 6) is -0.222. The third kappa shape index (κ3) is 4.87. The largest absolute Gasteiger partial charge is 0.495 e. The molecular weight excluding hydrogens is 363 g/mol. The maximum absolute atomic E-state index is 12.4. The van der Waals surface area contributed by atoms with Gasteiger partial charge >= 0.3 is 0 Å². The number of aryl methyl sites for hydroxylation is 1. The van der Waals surface area contributed by atoms with E-state index in [1.54, 1.807) is 36.4 Å². The molecule has 0 heterocycles. The Labute approximate surface area is 156 Å². The van der Waals surface area contributed by atoms with E-state index >= 15 is 0 Å². The monoisotopic (exact) mass is 380 g/mol. The van der Waals surface area contributed by atoms with Crippen molar-refractivity contribution in [3.8, 4) is 5.75 Å². The Morgan fingerprint density at radius 3 is 2.48 bits per heavy atom. The van der Waals surface area contributed by atoms with Crippen molar-refractivity contribution in [3.05, 3.63) is 52.0 Å². The molecule has 1 N–H and O–H groups in total. The molecule has 0 fully saturated rings. The van der Waals surface area contributed by atoms with Crippen LogP contribution in [0.4, 0.5) is 11.4 Å². The second kappa shape index (κ2) is 8.23. The minimum Gasteiger partial charge on any atom is -0.495 e. The summed E-state index contributed by atoms with van der Waals surface area (Å²) in [5.41, 5.74) is 1.90. The van der Waals surface area contributed by atoms with Crippen LogP contribution in [-0.4, -0.2) is 25.5 Å². The number of carbonyl (C=O) groups excluding carboxylic acids is 2. The van der Waals surface area contributed by atoms with Gasteiger partial charge in [-0.3, -0.25) is 14.5 Å². The van der Waals surface area contributed by atoms with Crippen molar-refractivity contribution < 1.29 is 14.3 Å². The fourth-order valence-corrected chi connectivity index (χ4v) is 2.60. The topological polar surface area (TPSA) is 58.6 Å². The highest BCUT2D eigenvalue weighted by Gasteiger charge is 2.20. The van der Waals surface area contributed by atoms with E-state index in [4.69, 9.17) is 27.9 Å². The zero-order chi connectivity index (χ0) is 18.6. The van der Waals surface area contributed by atoms with Crippen molar-refractivity contribution in [1.82, 2.24) is 0 Å². The van der Waals surface area contributed by atoms with Crippen LogP contribution < -0.4 is 15.0 Å². The van der Waals surface area contributed by atoms with Crippen LogP contribution in [-0.2, 0) is 9.59 Å². The molecule has 0 saturated carbocycles. The molecule has 0 aliphatic heterocycles. The number of hydrogen-bond donors (Lipinski definition) is 1. The summed E-state index contributed by atoms with van der Waals surface area (Å²) >= 11 is 12.1. The van der Waals surface area contributed by atoms with Crippen LogP contribution in [0.5, 0.6) is 5.75 Å². The second-order valence-corrected chi connectivity index (χ2v) is 6.28. The molecule has 2 aromatic carbocycles. The predicted molar refractivity (Wildman–Crippen MR) is 101 cm³/mol. The van der Waals surface area contributed by atoms with E-state index in [2.05, 4.69) is 5.32 Å². The van der Waals surface area contributed by atoms with Gasteiger partial charge in [0.15, 0.2) is 0 Å². The summed E-state index contributed by atoms with van der Waals surface area (Å²) in [6, 6.07) is 10.1. The number of ether oxygens (including phenoxy) is 1. The third-order valence-corrected chi connectivity index (χ3v) is 4.21. The SMILES string of the molecule is COc1ccc(Cl)cc1N(CC(=O)Nc1ccc(C)c(Cl)c1)C(C)=O. The minimum absolute atomic E-state index is 0.183. The molecule has 0 unspecified atom stereocenters. The number of halogens is 2. The van der Waals surface area contributed by atoms with Gasteiger partial charge in [-0.2, -0.15) is 0 Å². The van der Waals surface area contributed by atoms with Crippen LogP contribution in [0.1, 0.15) is 12.5 Å². The van der Waals surface area contributed by atoms with Gasteiger partial charge in [-0.15, -0.1) is 0 Å². The number of hydrogen-bond acceptors (Lipinski definition) is 3. The number of amides is 2. The Bertz CT molecular complexity index is 809. The molecule has 0 saturated heterocycles. The maximum Gasteiger partial charge on any atom is 0.244 e. The molecule has 0 bridgehead atoms. The van der Waals surface area contributed by atoms with Gasteiger partial charge < -0.3 is 10.1 Å². The van der Waals surface area contributed by atoms with E-state index in [1.165, 1.54) is 18.9 Å². The summed E-state index contributed by atoms with van der Waals surface area (Å²) in [5, 5.41) is 3.72. The van der Waals surface area contributed by atoms with E-state index in [0.717, 1.165) is 5.56 Å². The molecule has 2 amide bonds. The standard InChI is InChI=1S/C18H18Cl2N2O3/c1-11-4-6-14(9-15(11)20)21-18(24)10-22(12(2)23)16-8-13(19)5-7-17(16)25-3/h4-9H,10H2,1-3H3,(H,21,24). The van der Waals surface area contributed by atoms with Gasteiger partial charge in [0, 0.05) is 22.7 Å². The lowest BCUT2D eigenvalue weighted by molar-refractivity contribution is -0.120. The minimum atomic E-state index is -0.364. The molecule has 132 valence electrons. The van der Waals surface area contributed by atoms with E-state index in [0.29, 0.717) is 27.2 Å². The first kappa shape index (κ1) is 19.1. The highest BCUT2D eigenvalue weighted by molar-refractivity contribution is 6.31. The van der Waals surface area contributed by atoms with Crippen molar-refractivity contribution >= 4 is 46.4 Å². The van der Waals surface area contributed by atoms with Gasteiger partial charge in [0.05, 0.1) is 12.8 Å². The van der Waals surface area contributed by atoms with Gasteiger partial charge in [-0.25, -0.2) is 0 Å². The smallest absolute Gasteiger partial charge is 0.244 e. The van der Waals surface area contributed by atoms with Crippen molar-refractivity contribution in [2.75, 3.05) is 23.9 Å². The summed E-state index contributed by atoms with van der Waals surface area (Å²) in [7, 11) is 1.49. The molecule has 0 spiro atoms. The summed E-state index contributed by atoms with van der Waals surface area (Å²) in [6.07, 6.45) is 0. The van der Waals surface area contributed by atoms with Gasteiger partial charge in [-0.1, -0.05) is 29.3 Å². The number of methoxy groups -OCH3 is 1. The van der Waals surface area contributed by atoms with Crippen molar-refractivity contribution in [2.45, 2.75) is 13.8 Å². The molecular formula is C18H18Cl2N2O3. The zero-order valence-electron chi connectivity index (χ0n) is 14.1. The van der Waals surface area contributed by atoms with Crippen LogP contribution in [0.2, 0.25) is 10.0 Å². The predicted octanol–water partition coefficient (Wildman–Crippen LogP) is 4.30. The van der Waals surface area contributed by atoms with E-state index in [-0.39, 0.29) is 18.4 Å². The Hall–Kier alpha value is -2.24. The Kier molecular flexibility index (Phi) is 6.28. The molecule has 0 aliphatic carbocycles. The number of anilines is 2. The highest BCUT2D eigenvalue weighted by Crippen LogP contribution is 2.31. The normalized spacial score (nSPS) is 10.3. The number of nitrogens with zero attached hydrogens (tertiary/aromatic N) is 1. The quantitative estimate of drug-likeness (QED) is 0.840. The Morgan fingerprint density at radius 2 is 1.88 bits per heavy atom. The van der Waals surface area contributed by atoms with Crippen LogP contribution in [0, 0.1) is 6.92 Å². The van der Waals surface area contributed by atoms with Crippen LogP contribution in [0.25, 0.3) is 0 Å². The first-order chi connectivity index (χ1) is 11.8. The maximum atomic E-state index is 12.4. The van der Waals surface area contributed by atoms with E-state index in [1.807, 2.05) is 6.92 Å². The average Bonchev–Trinajstić information content (AvgIpc) is 2.55. The van der Waals surface area contributed by atoms with Crippen molar-refractivity contribution in [3.63, 3.8) is 0 Å². The Balaban J connectivity index is 2.21. The zero-order valence-corrected chi connectivity index (χ0v) is 15.6. The molecule has 7 heteroatoms. The number of nitrogens with one attached hydrogen (secondary N) is 1. The number of benzene rings is 2. The second-order valence-electron chi connectivity index (χ2n) is 5.43. The molecule has 0 aliphatic rings. The summed E-state index contributed by atoms with van der Waals surface area (Å²) < 4.78 is 5.26. The fourth-order valence-electron chi connectivity index (χ4n) is 2.25. The molecule has 0 atom stereocenters. The van der Waals surface area contributed by atoms with Gasteiger partial charge in [0.1, 0.15) is 12.3 Å². The average molecular weight is 381 g/mol. The van der Waals surface area contributed by atoms with E-state index in [9.17, 15) is 9.59 Å². The molecule has 2 aromatic rings. The lowest BCUT2D eigenvalue weighted by Gasteiger charge is -2.23. The van der Waals surface area contributed by atoms with Gasteiger partial charge in [0.2, 0.25) is 11.8 Å². The van der Waals surface area contributed by atoms with E-state index < -0.39 is 0 Å². The molecule has 5 nitrogen and oxygen atoms in total. The third-order valence-electron chi connectivity index (χ3n) is 3.57. The highest BCUT2D eigenvalue weighted by atomic mass is 35.5. The number of rotatable bonds is 5. The van der Waals surface area contributed by atoms with Crippen molar-refractivity contribution in [2.24, 2.45) is 0 Å². The summed E-state index contributed by atoms with van der Waals surface area (Å²) in [4.78, 5) is 25.7. The van der Waals surface area contributed by atoms with Gasteiger partial charge in [-0.05, 0) is 42.8 Å². The summed E-state index contributed by atoms with van der Waals surface area (Å²) in [6.45, 7) is 3.06. The van der Waals surface area contributed by atoms with Crippen molar-refractivity contribution in [1.29, 1.82) is 0 Å². The lowest BCUT2D eigenvalue weighted by atomic mass is 10.2. The lowest BCUT2D eigenvalue weighted by Crippen LogP contribution is -2.36. The first-order valence-corrected chi connectivity index (χ1v) is 8.25. The number of carbonyl (C=O) groups is 2. The molecule has 0 aromatic heterocycles. The first-order valence-electron chi connectivity index (χ1n) is 7.49. The fraction of sp³-hybridized carbons (Fsp3) is 0.222. The van der Waals surface area contributed by atoms with Crippen LogP contribution >= 0.6 is 23.2 Å².